The van der Waals surface area contributed by atoms with E-state index in [9.17, 15) is 4.79 Å². The number of fused-ring (bicyclic) bond motifs is 1. The SMILES string of the molecule is CN(C)C1(CNC(=O)C2Cc3ccccc3CN2)CCC1. The van der Waals surface area contributed by atoms with Crippen LogP contribution in [-0.4, -0.2) is 43.0 Å². The summed E-state index contributed by atoms with van der Waals surface area (Å²) in [5.41, 5.74) is 2.79. The number of likely N-dealkylation sites (N-methyl/N-ethyl adjacent to an activating group) is 1. The third-order valence-electron chi connectivity index (χ3n) is 5.22. The van der Waals surface area contributed by atoms with E-state index in [-0.39, 0.29) is 17.5 Å². The van der Waals surface area contributed by atoms with Gasteiger partial charge in [-0.25, -0.2) is 0 Å². The summed E-state index contributed by atoms with van der Waals surface area (Å²) in [6.07, 6.45) is 4.42. The van der Waals surface area contributed by atoms with E-state index in [0.29, 0.717) is 0 Å². The van der Waals surface area contributed by atoms with Gasteiger partial charge >= 0.3 is 0 Å². The number of nitrogens with one attached hydrogen (secondary N) is 2. The largest absolute Gasteiger partial charge is 0.353 e. The minimum absolute atomic E-state index is 0.0980. The number of rotatable bonds is 4. The Hall–Kier alpha value is -1.39. The summed E-state index contributed by atoms with van der Waals surface area (Å²) in [6.45, 7) is 1.55. The van der Waals surface area contributed by atoms with Crippen LogP contribution in [0, 0.1) is 0 Å². The van der Waals surface area contributed by atoms with Gasteiger partial charge in [-0.1, -0.05) is 24.3 Å². The molecule has 1 fully saturated rings. The minimum atomic E-state index is -0.0980. The molecule has 1 saturated carbocycles. The van der Waals surface area contributed by atoms with Gasteiger partial charge in [-0.15, -0.1) is 0 Å². The van der Waals surface area contributed by atoms with Crippen LogP contribution in [0.2, 0.25) is 0 Å². The van der Waals surface area contributed by atoms with Crippen molar-refractivity contribution in [1.82, 2.24) is 15.5 Å². The summed E-state index contributed by atoms with van der Waals surface area (Å²) in [7, 11) is 4.22. The van der Waals surface area contributed by atoms with Gasteiger partial charge < -0.3 is 15.5 Å². The topological polar surface area (TPSA) is 44.4 Å². The normalized spacial score (nSPS) is 23.3. The second kappa shape index (κ2) is 5.78. The van der Waals surface area contributed by atoms with Gasteiger partial charge in [0.25, 0.3) is 0 Å². The summed E-state index contributed by atoms with van der Waals surface area (Å²) >= 11 is 0. The Kier molecular flexibility index (Phi) is 4.00. The van der Waals surface area contributed by atoms with E-state index in [1.54, 1.807) is 0 Å². The molecule has 1 amide bonds. The zero-order valence-corrected chi connectivity index (χ0v) is 13.0. The average molecular weight is 287 g/mol. The fourth-order valence-electron chi connectivity index (χ4n) is 3.38. The van der Waals surface area contributed by atoms with Gasteiger partial charge in [0.2, 0.25) is 5.91 Å². The van der Waals surface area contributed by atoms with Crippen molar-refractivity contribution in [1.29, 1.82) is 0 Å². The van der Waals surface area contributed by atoms with Crippen LogP contribution in [0.15, 0.2) is 24.3 Å². The van der Waals surface area contributed by atoms with Crippen LogP contribution in [0.5, 0.6) is 0 Å². The lowest BCUT2D eigenvalue weighted by molar-refractivity contribution is -0.124. The van der Waals surface area contributed by atoms with E-state index in [4.69, 9.17) is 0 Å². The first-order chi connectivity index (χ1) is 10.1. The van der Waals surface area contributed by atoms with Crippen molar-refractivity contribution in [3.8, 4) is 0 Å². The number of hydrogen-bond acceptors (Lipinski definition) is 3. The Labute approximate surface area is 126 Å². The van der Waals surface area contributed by atoms with Crippen LogP contribution in [0.4, 0.5) is 0 Å². The molecule has 1 aromatic rings. The predicted octanol–water partition coefficient (Wildman–Crippen LogP) is 1.30. The molecule has 1 atom stereocenters. The van der Waals surface area contributed by atoms with Gasteiger partial charge in [-0.3, -0.25) is 4.79 Å². The fourth-order valence-corrected chi connectivity index (χ4v) is 3.38. The first kappa shape index (κ1) is 14.5. The van der Waals surface area contributed by atoms with Crippen LogP contribution in [0.3, 0.4) is 0 Å². The highest BCUT2D eigenvalue weighted by molar-refractivity contribution is 5.82. The van der Waals surface area contributed by atoms with E-state index < -0.39 is 0 Å². The number of amides is 1. The lowest BCUT2D eigenvalue weighted by Gasteiger charge is -2.47. The number of hydrogen-bond donors (Lipinski definition) is 2. The molecule has 4 nitrogen and oxygen atoms in total. The third-order valence-corrected chi connectivity index (χ3v) is 5.22. The zero-order valence-electron chi connectivity index (χ0n) is 13.0. The van der Waals surface area contributed by atoms with E-state index in [2.05, 4.69) is 53.9 Å². The molecule has 1 aromatic carbocycles. The Morgan fingerprint density at radius 3 is 2.67 bits per heavy atom. The van der Waals surface area contributed by atoms with Crippen molar-refractivity contribution in [2.24, 2.45) is 0 Å². The highest BCUT2D eigenvalue weighted by atomic mass is 16.2. The third kappa shape index (κ3) is 2.83. The standard InChI is InChI=1S/C17H25N3O/c1-20(2)17(8-5-9-17)12-19-16(21)15-10-13-6-3-4-7-14(13)11-18-15/h3-4,6-7,15,18H,5,8-12H2,1-2H3,(H,19,21). The maximum atomic E-state index is 12.4. The summed E-state index contributed by atoms with van der Waals surface area (Å²) < 4.78 is 0. The van der Waals surface area contributed by atoms with Crippen LogP contribution < -0.4 is 10.6 Å². The molecular formula is C17H25N3O. The van der Waals surface area contributed by atoms with E-state index in [1.165, 1.54) is 30.4 Å². The maximum Gasteiger partial charge on any atom is 0.237 e. The van der Waals surface area contributed by atoms with Crippen molar-refractivity contribution in [2.75, 3.05) is 20.6 Å². The molecule has 114 valence electrons. The van der Waals surface area contributed by atoms with Gasteiger partial charge in [-0.05, 0) is 50.9 Å². The summed E-state index contributed by atoms with van der Waals surface area (Å²) in [5.74, 6) is 0.137. The molecule has 0 spiro atoms. The van der Waals surface area contributed by atoms with Gasteiger partial charge in [0.15, 0.2) is 0 Å². The van der Waals surface area contributed by atoms with E-state index >= 15 is 0 Å². The molecule has 2 aliphatic rings. The van der Waals surface area contributed by atoms with Crippen molar-refractivity contribution in [2.45, 2.75) is 43.8 Å². The van der Waals surface area contributed by atoms with Crippen LogP contribution >= 0.6 is 0 Å². The lowest BCUT2D eigenvalue weighted by atomic mass is 9.75. The maximum absolute atomic E-state index is 12.4. The van der Waals surface area contributed by atoms with Crippen molar-refractivity contribution >= 4 is 5.91 Å². The number of carbonyl (C=O) groups excluding carboxylic acids is 1. The lowest BCUT2D eigenvalue weighted by Crippen LogP contribution is -2.59. The fraction of sp³-hybridized carbons (Fsp3) is 0.588. The second-order valence-electron chi connectivity index (χ2n) is 6.60. The van der Waals surface area contributed by atoms with Crippen LogP contribution in [0.25, 0.3) is 0 Å². The molecule has 0 radical (unpaired) electrons. The number of nitrogens with zero attached hydrogens (tertiary/aromatic N) is 1. The van der Waals surface area contributed by atoms with E-state index in [1.807, 2.05) is 0 Å². The first-order valence-corrected chi connectivity index (χ1v) is 7.86. The van der Waals surface area contributed by atoms with Crippen molar-refractivity contribution in [3.63, 3.8) is 0 Å². The Morgan fingerprint density at radius 1 is 1.33 bits per heavy atom. The monoisotopic (exact) mass is 287 g/mol. The van der Waals surface area contributed by atoms with Crippen molar-refractivity contribution < 1.29 is 4.79 Å². The smallest absolute Gasteiger partial charge is 0.237 e. The molecule has 1 unspecified atom stereocenters. The predicted molar refractivity (Wildman–Crippen MR) is 84.1 cm³/mol. The van der Waals surface area contributed by atoms with E-state index in [0.717, 1.165) is 19.5 Å². The highest BCUT2D eigenvalue weighted by Gasteiger charge is 2.39. The molecule has 4 heteroatoms. The molecule has 1 heterocycles. The minimum Gasteiger partial charge on any atom is -0.353 e. The first-order valence-electron chi connectivity index (χ1n) is 7.86. The van der Waals surface area contributed by atoms with Crippen molar-refractivity contribution in [3.05, 3.63) is 35.4 Å². The molecule has 0 bridgehead atoms. The second-order valence-corrected chi connectivity index (χ2v) is 6.60. The molecule has 1 aliphatic heterocycles. The Balaban J connectivity index is 1.57. The van der Waals surface area contributed by atoms with Gasteiger partial charge in [-0.2, -0.15) is 0 Å². The Bertz CT molecular complexity index is 523. The van der Waals surface area contributed by atoms with Crippen LogP contribution in [0.1, 0.15) is 30.4 Å². The van der Waals surface area contributed by atoms with Gasteiger partial charge in [0, 0.05) is 18.6 Å². The molecular weight excluding hydrogens is 262 g/mol. The summed E-state index contributed by atoms with van der Waals surface area (Å²) in [5, 5.41) is 6.52. The highest BCUT2D eigenvalue weighted by Crippen LogP contribution is 2.35. The quantitative estimate of drug-likeness (QED) is 0.877. The zero-order chi connectivity index (χ0) is 14.9. The summed E-state index contributed by atoms with van der Waals surface area (Å²) in [6, 6.07) is 8.27. The molecule has 1 aliphatic carbocycles. The van der Waals surface area contributed by atoms with Gasteiger partial charge in [0.1, 0.15) is 0 Å². The molecule has 21 heavy (non-hydrogen) atoms. The number of carbonyl (C=O) groups is 1. The summed E-state index contributed by atoms with van der Waals surface area (Å²) in [4.78, 5) is 14.7. The average Bonchev–Trinajstić information content (AvgIpc) is 2.45. The van der Waals surface area contributed by atoms with Crippen LogP contribution in [-0.2, 0) is 17.8 Å². The number of benzene rings is 1. The molecule has 2 N–H and O–H groups in total. The molecule has 0 saturated heterocycles. The molecule has 0 aromatic heterocycles. The molecule has 3 rings (SSSR count). The van der Waals surface area contributed by atoms with Gasteiger partial charge in [0.05, 0.1) is 6.04 Å². The Morgan fingerprint density at radius 2 is 2.05 bits per heavy atom.